The SMILES string of the molecule is Cc1ccc(-n2nc(-c3ccccc3)cc2NC(=O)CN(CC(C)C)S(=O)(=O)c2ccccc2)cc1. The Morgan fingerprint density at radius 2 is 1.56 bits per heavy atom. The largest absolute Gasteiger partial charge is 0.309 e. The van der Waals surface area contributed by atoms with E-state index in [2.05, 4.69) is 5.32 Å². The van der Waals surface area contributed by atoms with Crippen LogP contribution in [0.15, 0.2) is 95.9 Å². The third-order valence-electron chi connectivity index (χ3n) is 5.59. The molecule has 0 unspecified atom stereocenters. The molecule has 7 nitrogen and oxygen atoms in total. The molecule has 0 atom stereocenters. The molecule has 0 aliphatic rings. The molecular formula is C28H30N4O3S. The second kappa shape index (κ2) is 10.9. The Hall–Kier alpha value is -3.75. The molecule has 0 aliphatic carbocycles. The minimum Gasteiger partial charge on any atom is -0.309 e. The van der Waals surface area contributed by atoms with Crippen LogP contribution in [-0.2, 0) is 14.8 Å². The summed E-state index contributed by atoms with van der Waals surface area (Å²) in [5.74, 6) is 0.0615. The molecule has 4 rings (SSSR count). The molecular weight excluding hydrogens is 472 g/mol. The fraction of sp³-hybridized carbons (Fsp3) is 0.214. The molecule has 0 saturated heterocycles. The van der Waals surface area contributed by atoms with Crippen LogP contribution in [0.25, 0.3) is 16.9 Å². The fourth-order valence-electron chi connectivity index (χ4n) is 3.84. The Morgan fingerprint density at radius 3 is 2.17 bits per heavy atom. The van der Waals surface area contributed by atoms with Crippen molar-refractivity contribution in [2.75, 3.05) is 18.4 Å². The van der Waals surface area contributed by atoms with Crippen molar-refractivity contribution >= 4 is 21.7 Å². The van der Waals surface area contributed by atoms with Crippen LogP contribution in [0.4, 0.5) is 5.82 Å². The summed E-state index contributed by atoms with van der Waals surface area (Å²) in [5.41, 5.74) is 3.50. The number of aryl methyl sites for hydroxylation is 1. The number of hydrogen-bond acceptors (Lipinski definition) is 4. The molecule has 1 N–H and O–H groups in total. The van der Waals surface area contributed by atoms with E-state index in [0.29, 0.717) is 11.5 Å². The number of benzene rings is 3. The average Bonchev–Trinajstić information content (AvgIpc) is 3.28. The highest BCUT2D eigenvalue weighted by atomic mass is 32.2. The molecule has 0 radical (unpaired) electrons. The van der Waals surface area contributed by atoms with Crippen LogP contribution in [0.2, 0.25) is 0 Å². The van der Waals surface area contributed by atoms with E-state index in [1.54, 1.807) is 41.1 Å². The molecule has 1 aromatic heterocycles. The van der Waals surface area contributed by atoms with Crippen LogP contribution in [0.5, 0.6) is 0 Å². The predicted molar refractivity (Wildman–Crippen MR) is 142 cm³/mol. The summed E-state index contributed by atoms with van der Waals surface area (Å²) in [6, 6.07) is 27.5. The van der Waals surface area contributed by atoms with Gasteiger partial charge in [-0.05, 0) is 37.1 Å². The maximum atomic E-state index is 13.3. The van der Waals surface area contributed by atoms with Crippen molar-refractivity contribution < 1.29 is 13.2 Å². The van der Waals surface area contributed by atoms with Gasteiger partial charge in [-0.3, -0.25) is 4.79 Å². The van der Waals surface area contributed by atoms with E-state index in [9.17, 15) is 13.2 Å². The maximum Gasteiger partial charge on any atom is 0.243 e. The minimum absolute atomic E-state index is 0.0408. The van der Waals surface area contributed by atoms with Crippen molar-refractivity contribution in [1.82, 2.24) is 14.1 Å². The highest BCUT2D eigenvalue weighted by Gasteiger charge is 2.27. The van der Waals surface area contributed by atoms with E-state index in [1.165, 1.54) is 4.31 Å². The minimum atomic E-state index is -3.84. The van der Waals surface area contributed by atoms with Gasteiger partial charge < -0.3 is 5.32 Å². The molecule has 36 heavy (non-hydrogen) atoms. The Bertz CT molecular complexity index is 1410. The first-order valence-electron chi connectivity index (χ1n) is 11.8. The number of sulfonamides is 1. The average molecular weight is 503 g/mol. The summed E-state index contributed by atoms with van der Waals surface area (Å²) in [6.07, 6.45) is 0. The van der Waals surface area contributed by atoms with Crippen LogP contribution in [0, 0.1) is 12.8 Å². The zero-order valence-electron chi connectivity index (χ0n) is 20.6. The summed E-state index contributed by atoms with van der Waals surface area (Å²) in [6.45, 7) is 5.75. The quantitative estimate of drug-likeness (QED) is 0.344. The van der Waals surface area contributed by atoms with Crippen LogP contribution < -0.4 is 5.32 Å². The van der Waals surface area contributed by atoms with Gasteiger partial charge >= 0.3 is 0 Å². The number of nitrogens with one attached hydrogen (secondary N) is 1. The van der Waals surface area contributed by atoms with E-state index >= 15 is 0 Å². The lowest BCUT2D eigenvalue weighted by Gasteiger charge is -2.23. The van der Waals surface area contributed by atoms with Gasteiger partial charge in [0, 0.05) is 18.2 Å². The molecule has 1 amide bonds. The van der Waals surface area contributed by atoms with Gasteiger partial charge in [0.15, 0.2) is 0 Å². The van der Waals surface area contributed by atoms with Gasteiger partial charge in [-0.25, -0.2) is 13.1 Å². The van der Waals surface area contributed by atoms with Gasteiger partial charge in [0.25, 0.3) is 0 Å². The zero-order chi connectivity index (χ0) is 25.7. The number of nitrogens with zero attached hydrogens (tertiary/aromatic N) is 3. The third kappa shape index (κ3) is 5.90. The number of rotatable bonds is 9. The van der Waals surface area contributed by atoms with Crippen molar-refractivity contribution in [2.24, 2.45) is 5.92 Å². The number of hydrogen-bond donors (Lipinski definition) is 1. The molecule has 4 aromatic rings. The number of carbonyl (C=O) groups is 1. The summed E-state index contributed by atoms with van der Waals surface area (Å²) in [7, 11) is -3.84. The third-order valence-corrected chi connectivity index (χ3v) is 7.42. The smallest absolute Gasteiger partial charge is 0.243 e. The van der Waals surface area contributed by atoms with Crippen LogP contribution >= 0.6 is 0 Å². The molecule has 0 spiro atoms. The summed E-state index contributed by atoms with van der Waals surface area (Å²) >= 11 is 0. The van der Waals surface area contributed by atoms with Gasteiger partial charge in [0.1, 0.15) is 5.82 Å². The first kappa shape index (κ1) is 25.3. The summed E-state index contributed by atoms with van der Waals surface area (Å²) in [5, 5.41) is 7.62. The normalized spacial score (nSPS) is 11.7. The lowest BCUT2D eigenvalue weighted by molar-refractivity contribution is -0.116. The van der Waals surface area contributed by atoms with Crippen LogP contribution in [0.3, 0.4) is 0 Å². The van der Waals surface area contributed by atoms with Crippen molar-refractivity contribution in [3.63, 3.8) is 0 Å². The molecule has 0 fully saturated rings. The highest BCUT2D eigenvalue weighted by molar-refractivity contribution is 7.89. The Labute approximate surface area is 212 Å². The van der Waals surface area contributed by atoms with E-state index in [1.807, 2.05) is 75.4 Å². The van der Waals surface area contributed by atoms with Crippen molar-refractivity contribution in [3.8, 4) is 16.9 Å². The molecule has 8 heteroatoms. The first-order chi connectivity index (χ1) is 17.2. The second-order valence-electron chi connectivity index (χ2n) is 9.08. The zero-order valence-corrected chi connectivity index (χ0v) is 21.4. The highest BCUT2D eigenvalue weighted by Crippen LogP contribution is 2.25. The van der Waals surface area contributed by atoms with Gasteiger partial charge in [0.05, 0.1) is 22.8 Å². The number of anilines is 1. The van der Waals surface area contributed by atoms with Gasteiger partial charge in [-0.15, -0.1) is 0 Å². The van der Waals surface area contributed by atoms with E-state index < -0.39 is 15.9 Å². The maximum absolute atomic E-state index is 13.3. The van der Waals surface area contributed by atoms with Gasteiger partial charge in [0.2, 0.25) is 15.9 Å². The Kier molecular flexibility index (Phi) is 7.67. The van der Waals surface area contributed by atoms with Crippen molar-refractivity contribution in [1.29, 1.82) is 0 Å². The second-order valence-corrected chi connectivity index (χ2v) is 11.0. The first-order valence-corrected chi connectivity index (χ1v) is 13.3. The molecule has 0 bridgehead atoms. The molecule has 1 heterocycles. The van der Waals surface area contributed by atoms with Crippen molar-refractivity contribution in [2.45, 2.75) is 25.7 Å². The van der Waals surface area contributed by atoms with Crippen LogP contribution in [0.1, 0.15) is 19.4 Å². The molecule has 3 aromatic carbocycles. The fourth-order valence-corrected chi connectivity index (χ4v) is 5.42. The number of aromatic nitrogens is 2. The molecule has 186 valence electrons. The van der Waals surface area contributed by atoms with Crippen LogP contribution in [-0.4, -0.2) is 41.5 Å². The van der Waals surface area contributed by atoms with E-state index in [-0.39, 0.29) is 23.9 Å². The Balaban J connectivity index is 1.64. The van der Waals surface area contributed by atoms with E-state index in [0.717, 1.165) is 16.8 Å². The topological polar surface area (TPSA) is 84.3 Å². The summed E-state index contributed by atoms with van der Waals surface area (Å²) in [4.78, 5) is 13.4. The van der Waals surface area contributed by atoms with E-state index in [4.69, 9.17) is 5.10 Å². The molecule has 0 aliphatic heterocycles. The number of carbonyl (C=O) groups excluding carboxylic acids is 1. The molecule has 0 saturated carbocycles. The lowest BCUT2D eigenvalue weighted by atomic mass is 10.1. The summed E-state index contributed by atoms with van der Waals surface area (Å²) < 4.78 is 29.5. The van der Waals surface area contributed by atoms with Gasteiger partial charge in [-0.1, -0.05) is 80.1 Å². The lowest BCUT2D eigenvalue weighted by Crippen LogP contribution is -2.40. The Morgan fingerprint density at radius 1 is 0.944 bits per heavy atom. The van der Waals surface area contributed by atoms with Crippen molar-refractivity contribution in [3.05, 3.63) is 96.6 Å². The monoisotopic (exact) mass is 502 g/mol. The standard InChI is InChI=1S/C28H30N4O3S/c1-21(2)19-31(36(34,35)25-12-8-5-9-13-25)20-28(33)29-27-18-26(23-10-6-4-7-11-23)30-32(27)24-16-14-22(3)15-17-24/h4-18,21H,19-20H2,1-3H3,(H,29,33). The number of amides is 1. The van der Waals surface area contributed by atoms with Gasteiger partial charge in [-0.2, -0.15) is 9.40 Å². The predicted octanol–water partition coefficient (Wildman–Crippen LogP) is 5.13.